The molecule has 0 aromatic heterocycles. The normalized spacial score (nSPS) is 10.7. The summed E-state index contributed by atoms with van der Waals surface area (Å²) in [5, 5.41) is 5.55. The smallest absolute Gasteiger partial charge is 0.147 e. The SMILES string of the molecule is Fc1cccc(Br)c1NCc1cccc2ccccc12. The van der Waals surface area contributed by atoms with Crippen LogP contribution in [0.15, 0.2) is 65.1 Å². The van der Waals surface area contributed by atoms with Crippen LogP contribution in [-0.4, -0.2) is 0 Å². The first-order chi connectivity index (χ1) is 9.75. The predicted octanol–water partition coefficient (Wildman–Crippen LogP) is 5.35. The third-order valence-corrected chi connectivity index (χ3v) is 3.96. The van der Waals surface area contributed by atoms with Gasteiger partial charge < -0.3 is 5.32 Å². The summed E-state index contributed by atoms with van der Waals surface area (Å²) < 4.78 is 14.5. The van der Waals surface area contributed by atoms with E-state index in [4.69, 9.17) is 0 Å². The van der Waals surface area contributed by atoms with Gasteiger partial charge in [0.15, 0.2) is 0 Å². The molecule has 20 heavy (non-hydrogen) atoms. The molecule has 0 aliphatic heterocycles. The Labute approximate surface area is 125 Å². The van der Waals surface area contributed by atoms with Crippen molar-refractivity contribution in [3.8, 4) is 0 Å². The lowest BCUT2D eigenvalue weighted by Gasteiger charge is -2.11. The quantitative estimate of drug-likeness (QED) is 0.682. The van der Waals surface area contributed by atoms with Crippen molar-refractivity contribution in [3.63, 3.8) is 0 Å². The van der Waals surface area contributed by atoms with E-state index in [1.807, 2.05) is 24.3 Å². The molecular formula is C17H13BrFN. The van der Waals surface area contributed by atoms with E-state index in [9.17, 15) is 4.39 Å². The molecule has 3 heteroatoms. The van der Waals surface area contributed by atoms with Crippen LogP contribution in [-0.2, 0) is 6.54 Å². The van der Waals surface area contributed by atoms with Gasteiger partial charge in [-0.05, 0) is 44.4 Å². The molecule has 0 saturated heterocycles. The van der Waals surface area contributed by atoms with E-state index in [1.165, 1.54) is 16.8 Å². The summed E-state index contributed by atoms with van der Waals surface area (Å²) >= 11 is 3.37. The number of rotatable bonds is 3. The molecule has 3 rings (SSSR count). The molecule has 0 amide bonds. The van der Waals surface area contributed by atoms with Crippen LogP contribution in [0, 0.1) is 5.82 Å². The van der Waals surface area contributed by atoms with Crippen LogP contribution in [0.4, 0.5) is 10.1 Å². The third kappa shape index (κ3) is 2.54. The zero-order valence-corrected chi connectivity index (χ0v) is 12.3. The van der Waals surface area contributed by atoms with Gasteiger partial charge in [0.05, 0.1) is 5.69 Å². The van der Waals surface area contributed by atoms with E-state index in [2.05, 4.69) is 45.5 Å². The number of hydrogen-bond acceptors (Lipinski definition) is 1. The van der Waals surface area contributed by atoms with Crippen molar-refractivity contribution >= 4 is 32.4 Å². The van der Waals surface area contributed by atoms with E-state index in [0.29, 0.717) is 12.2 Å². The van der Waals surface area contributed by atoms with Crippen LogP contribution in [0.2, 0.25) is 0 Å². The highest BCUT2D eigenvalue weighted by atomic mass is 79.9. The zero-order chi connectivity index (χ0) is 13.9. The van der Waals surface area contributed by atoms with Crippen LogP contribution in [0.3, 0.4) is 0 Å². The maximum atomic E-state index is 13.8. The van der Waals surface area contributed by atoms with Crippen LogP contribution >= 0.6 is 15.9 Å². The van der Waals surface area contributed by atoms with Gasteiger partial charge in [-0.3, -0.25) is 0 Å². The molecule has 0 heterocycles. The third-order valence-electron chi connectivity index (χ3n) is 3.30. The second-order valence-electron chi connectivity index (χ2n) is 4.59. The summed E-state index contributed by atoms with van der Waals surface area (Å²) in [4.78, 5) is 0. The molecule has 1 N–H and O–H groups in total. The lowest BCUT2D eigenvalue weighted by atomic mass is 10.0. The fourth-order valence-electron chi connectivity index (χ4n) is 2.30. The topological polar surface area (TPSA) is 12.0 Å². The minimum Gasteiger partial charge on any atom is -0.378 e. The predicted molar refractivity (Wildman–Crippen MR) is 85.4 cm³/mol. The number of para-hydroxylation sites is 1. The van der Waals surface area contributed by atoms with E-state index in [0.717, 1.165) is 10.0 Å². The molecule has 0 fully saturated rings. The van der Waals surface area contributed by atoms with Gasteiger partial charge in [-0.15, -0.1) is 0 Å². The fourth-order valence-corrected chi connectivity index (χ4v) is 2.78. The fraction of sp³-hybridized carbons (Fsp3) is 0.0588. The Bertz CT molecular complexity index is 729. The molecule has 0 spiro atoms. The van der Waals surface area contributed by atoms with Crippen LogP contribution in [0.25, 0.3) is 10.8 Å². The maximum absolute atomic E-state index is 13.8. The van der Waals surface area contributed by atoms with Crippen LogP contribution < -0.4 is 5.32 Å². The highest BCUT2D eigenvalue weighted by Crippen LogP contribution is 2.26. The molecule has 0 aliphatic carbocycles. The molecule has 3 aromatic carbocycles. The summed E-state index contributed by atoms with van der Waals surface area (Å²) in [6.07, 6.45) is 0. The summed E-state index contributed by atoms with van der Waals surface area (Å²) in [7, 11) is 0. The van der Waals surface area contributed by atoms with E-state index in [-0.39, 0.29) is 5.82 Å². The number of anilines is 1. The number of halogens is 2. The highest BCUT2D eigenvalue weighted by molar-refractivity contribution is 9.10. The summed E-state index contributed by atoms with van der Waals surface area (Å²) in [5.41, 5.74) is 1.65. The standard InChI is InChI=1S/C17H13BrFN/c18-15-9-4-10-16(19)17(15)20-11-13-7-3-6-12-5-1-2-8-14(12)13/h1-10,20H,11H2. The Morgan fingerprint density at radius 2 is 1.65 bits per heavy atom. The van der Waals surface area contributed by atoms with Crippen molar-refractivity contribution in [1.29, 1.82) is 0 Å². The van der Waals surface area contributed by atoms with Gasteiger partial charge in [0, 0.05) is 11.0 Å². The van der Waals surface area contributed by atoms with Gasteiger partial charge in [-0.1, -0.05) is 48.5 Å². The lowest BCUT2D eigenvalue weighted by Crippen LogP contribution is -2.02. The highest BCUT2D eigenvalue weighted by Gasteiger charge is 2.06. The average Bonchev–Trinajstić information content (AvgIpc) is 2.47. The summed E-state index contributed by atoms with van der Waals surface area (Å²) in [5.74, 6) is -0.250. The largest absolute Gasteiger partial charge is 0.378 e. The van der Waals surface area contributed by atoms with Crippen molar-refractivity contribution in [2.75, 3.05) is 5.32 Å². The molecule has 0 aliphatic rings. The Morgan fingerprint density at radius 1 is 0.900 bits per heavy atom. The molecule has 1 nitrogen and oxygen atoms in total. The molecular weight excluding hydrogens is 317 g/mol. The number of nitrogens with one attached hydrogen (secondary N) is 1. The molecule has 0 atom stereocenters. The maximum Gasteiger partial charge on any atom is 0.147 e. The van der Waals surface area contributed by atoms with Crippen LogP contribution in [0.5, 0.6) is 0 Å². The first-order valence-electron chi connectivity index (χ1n) is 6.40. The van der Waals surface area contributed by atoms with E-state index < -0.39 is 0 Å². The van der Waals surface area contributed by atoms with E-state index in [1.54, 1.807) is 6.07 Å². The van der Waals surface area contributed by atoms with Gasteiger partial charge >= 0.3 is 0 Å². The van der Waals surface area contributed by atoms with Crippen molar-refractivity contribution in [2.45, 2.75) is 6.54 Å². The molecule has 3 aromatic rings. The van der Waals surface area contributed by atoms with E-state index >= 15 is 0 Å². The Hall–Kier alpha value is -1.87. The van der Waals surface area contributed by atoms with Crippen molar-refractivity contribution in [3.05, 3.63) is 76.5 Å². The van der Waals surface area contributed by atoms with Gasteiger partial charge in [-0.2, -0.15) is 0 Å². The lowest BCUT2D eigenvalue weighted by molar-refractivity contribution is 0.629. The molecule has 0 saturated carbocycles. The van der Waals surface area contributed by atoms with Gasteiger partial charge in [-0.25, -0.2) is 4.39 Å². The minimum absolute atomic E-state index is 0.250. The molecule has 0 radical (unpaired) electrons. The van der Waals surface area contributed by atoms with Crippen molar-refractivity contribution in [2.24, 2.45) is 0 Å². The van der Waals surface area contributed by atoms with Gasteiger partial charge in [0.1, 0.15) is 5.82 Å². The number of hydrogen-bond donors (Lipinski definition) is 1. The average molecular weight is 330 g/mol. The zero-order valence-electron chi connectivity index (χ0n) is 10.7. The van der Waals surface area contributed by atoms with Crippen molar-refractivity contribution in [1.82, 2.24) is 0 Å². The first kappa shape index (κ1) is 13.1. The van der Waals surface area contributed by atoms with Gasteiger partial charge in [0.2, 0.25) is 0 Å². The monoisotopic (exact) mass is 329 g/mol. The molecule has 0 bridgehead atoms. The second kappa shape index (κ2) is 5.63. The Morgan fingerprint density at radius 3 is 2.50 bits per heavy atom. The van der Waals surface area contributed by atoms with Crippen LogP contribution in [0.1, 0.15) is 5.56 Å². The second-order valence-corrected chi connectivity index (χ2v) is 5.44. The first-order valence-corrected chi connectivity index (χ1v) is 7.19. The van der Waals surface area contributed by atoms with Gasteiger partial charge in [0.25, 0.3) is 0 Å². The summed E-state index contributed by atoms with van der Waals surface area (Å²) in [6, 6.07) is 19.3. The number of benzene rings is 3. The minimum atomic E-state index is -0.250. The number of fused-ring (bicyclic) bond motifs is 1. The van der Waals surface area contributed by atoms with Crippen molar-refractivity contribution < 1.29 is 4.39 Å². The Balaban J connectivity index is 1.91. The molecule has 100 valence electrons. The Kier molecular flexibility index (Phi) is 3.70. The molecule has 0 unspecified atom stereocenters. The summed E-state index contributed by atoms with van der Waals surface area (Å²) in [6.45, 7) is 0.584.